The summed E-state index contributed by atoms with van der Waals surface area (Å²) < 4.78 is 29.1. The summed E-state index contributed by atoms with van der Waals surface area (Å²) in [7, 11) is -1.97. The van der Waals surface area contributed by atoms with Gasteiger partial charge in [-0.05, 0) is 79.8 Å². The van der Waals surface area contributed by atoms with Crippen LogP contribution in [0.3, 0.4) is 0 Å². The lowest BCUT2D eigenvalue weighted by Gasteiger charge is -2.30. The minimum Gasteiger partial charge on any atom is -0.279 e. The number of aryl methyl sites for hydroxylation is 2. The second-order valence-corrected chi connectivity index (χ2v) is 12.9. The van der Waals surface area contributed by atoms with Crippen molar-refractivity contribution in [1.82, 2.24) is 14.3 Å². The van der Waals surface area contributed by atoms with Gasteiger partial charge in [-0.2, -0.15) is 4.31 Å². The number of pyridine rings is 1. The summed E-state index contributed by atoms with van der Waals surface area (Å²) in [6.07, 6.45) is 8.46. The van der Waals surface area contributed by atoms with Crippen molar-refractivity contribution in [2.75, 3.05) is 11.9 Å². The zero-order valence-electron chi connectivity index (χ0n) is 21.9. The maximum absolute atomic E-state index is 13.8. The lowest BCUT2D eigenvalue weighted by molar-refractivity contribution is 0.0985. The number of thiazole rings is 1. The number of carbonyl (C=O) groups is 1. The van der Waals surface area contributed by atoms with Gasteiger partial charge < -0.3 is 0 Å². The average molecular weight is 549 g/mol. The molecule has 1 fully saturated rings. The van der Waals surface area contributed by atoms with Gasteiger partial charge in [-0.1, -0.05) is 42.7 Å². The quantitative estimate of drug-likeness (QED) is 0.278. The number of rotatable bonds is 7. The van der Waals surface area contributed by atoms with E-state index < -0.39 is 10.0 Å². The van der Waals surface area contributed by atoms with Gasteiger partial charge in [-0.25, -0.2) is 13.4 Å². The summed E-state index contributed by atoms with van der Waals surface area (Å²) in [5.41, 5.74) is 4.41. The Morgan fingerprint density at radius 2 is 1.76 bits per heavy atom. The monoisotopic (exact) mass is 548 g/mol. The van der Waals surface area contributed by atoms with Crippen molar-refractivity contribution >= 4 is 42.6 Å². The van der Waals surface area contributed by atoms with Gasteiger partial charge in [0.2, 0.25) is 10.0 Å². The summed E-state index contributed by atoms with van der Waals surface area (Å²) >= 11 is 1.47. The van der Waals surface area contributed by atoms with Gasteiger partial charge in [-0.15, -0.1) is 0 Å². The van der Waals surface area contributed by atoms with E-state index in [4.69, 9.17) is 4.98 Å². The van der Waals surface area contributed by atoms with Crippen molar-refractivity contribution in [3.8, 4) is 0 Å². The van der Waals surface area contributed by atoms with Gasteiger partial charge in [0.25, 0.3) is 5.91 Å². The first-order valence-electron chi connectivity index (χ1n) is 12.9. The van der Waals surface area contributed by atoms with E-state index in [9.17, 15) is 13.2 Å². The number of aromatic nitrogens is 2. The van der Waals surface area contributed by atoms with Crippen LogP contribution in [-0.4, -0.2) is 41.7 Å². The van der Waals surface area contributed by atoms with E-state index in [1.54, 1.807) is 36.5 Å². The highest BCUT2D eigenvalue weighted by atomic mass is 32.2. The highest BCUT2D eigenvalue weighted by Gasteiger charge is 2.29. The molecule has 38 heavy (non-hydrogen) atoms. The number of carbonyl (C=O) groups excluding carboxylic acids is 1. The van der Waals surface area contributed by atoms with Crippen LogP contribution in [0.25, 0.3) is 10.2 Å². The summed E-state index contributed by atoms with van der Waals surface area (Å²) in [6.45, 7) is 4.39. The number of hydrogen-bond acceptors (Lipinski definition) is 6. The smallest absolute Gasteiger partial charge is 0.260 e. The lowest BCUT2D eigenvalue weighted by Crippen LogP contribution is -2.38. The molecule has 2 aromatic heterocycles. The molecular formula is C29H32N4O3S2. The standard InChI is InChI=1S/C29H32N4O3S2/c1-20-11-16-26-27(21(20)2)31-29(37-26)33(19-22-8-7-17-30-18-22)28(34)23-12-14-25(15-13-23)38(35,36)32(3)24-9-5-4-6-10-24/h7-8,11-18,24H,4-6,9-10,19H2,1-3H3. The third-order valence-electron chi connectivity index (χ3n) is 7.48. The minimum atomic E-state index is -3.64. The van der Waals surface area contributed by atoms with Crippen molar-refractivity contribution in [2.45, 2.75) is 63.4 Å². The molecule has 7 nitrogen and oxygen atoms in total. The van der Waals surface area contributed by atoms with E-state index in [-0.39, 0.29) is 16.8 Å². The second kappa shape index (κ2) is 10.9. The third kappa shape index (κ3) is 5.23. The normalized spacial score (nSPS) is 14.7. The van der Waals surface area contributed by atoms with E-state index in [2.05, 4.69) is 11.1 Å². The van der Waals surface area contributed by atoms with Crippen LogP contribution < -0.4 is 4.90 Å². The number of amides is 1. The predicted molar refractivity (Wildman–Crippen MR) is 152 cm³/mol. The Bertz CT molecular complexity index is 1540. The van der Waals surface area contributed by atoms with Gasteiger partial charge >= 0.3 is 0 Å². The van der Waals surface area contributed by atoms with Crippen LogP contribution in [0.1, 0.15) is 59.2 Å². The molecule has 2 heterocycles. The van der Waals surface area contributed by atoms with Crippen LogP contribution in [-0.2, 0) is 16.6 Å². The molecule has 5 rings (SSSR count). The molecule has 0 radical (unpaired) electrons. The number of anilines is 1. The SMILES string of the molecule is Cc1ccc2sc(N(Cc3cccnc3)C(=O)c3ccc(S(=O)(=O)N(C)C4CCCCC4)cc3)nc2c1C. The van der Waals surface area contributed by atoms with Crippen molar-refractivity contribution in [3.63, 3.8) is 0 Å². The number of benzene rings is 2. The molecule has 0 saturated heterocycles. The molecule has 0 bridgehead atoms. The van der Waals surface area contributed by atoms with Gasteiger partial charge in [0, 0.05) is 31.0 Å². The Morgan fingerprint density at radius 3 is 2.45 bits per heavy atom. The summed E-state index contributed by atoms with van der Waals surface area (Å²) in [6, 6.07) is 14.2. The zero-order valence-corrected chi connectivity index (χ0v) is 23.6. The molecule has 4 aromatic rings. The Hall–Kier alpha value is -3.14. The van der Waals surface area contributed by atoms with Gasteiger partial charge in [0.15, 0.2) is 5.13 Å². The number of sulfonamides is 1. The minimum absolute atomic E-state index is 0.0242. The summed E-state index contributed by atoms with van der Waals surface area (Å²) in [4.78, 5) is 24.7. The van der Waals surface area contributed by atoms with E-state index in [0.717, 1.165) is 59.0 Å². The van der Waals surface area contributed by atoms with Gasteiger partial charge in [0.05, 0.1) is 21.7 Å². The largest absolute Gasteiger partial charge is 0.279 e. The van der Waals surface area contributed by atoms with Gasteiger partial charge in [-0.3, -0.25) is 14.7 Å². The fourth-order valence-corrected chi connectivity index (χ4v) is 7.40. The molecule has 2 aromatic carbocycles. The highest BCUT2D eigenvalue weighted by Crippen LogP contribution is 2.34. The average Bonchev–Trinajstić information content (AvgIpc) is 3.39. The van der Waals surface area contributed by atoms with E-state index in [0.29, 0.717) is 17.2 Å². The third-order valence-corrected chi connectivity index (χ3v) is 10.4. The van der Waals surface area contributed by atoms with Crippen molar-refractivity contribution < 1.29 is 13.2 Å². The molecule has 1 saturated carbocycles. The Morgan fingerprint density at radius 1 is 1.03 bits per heavy atom. The van der Waals surface area contributed by atoms with E-state index >= 15 is 0 Å². The maximum Gasteiger partial charge on any atom is 0.260 e. The molecule has 9 heteroatoms. The van der Waals surface area contributed by atoms with Crippen molar-refractivity contribution in [3.05, 3.63) is 83.2 Å². The number of fused-ring (bicyclic) bond motifs is 1. The first-order valence-corrected chi connectivity index (χ1v) is 15.2. The molecular weight excluding hydrogens is 516 g/mol. The fourth-order valence-electron chi connectivity index (χ4n) is 4.96. The zero-order chi connectivity index (χ0) is 26.9. The maximum atomic E-state index is 13.8. The molecule has 0 unspecified atom stereocenters. The van der Waals surface area contributed by atoms with Crippen molar-refractivity contribution in [1.29, 1.82) is 0 Å². The van der Waals surface area contributed by atoms with Crippen LogP contribution >= 0.6 is 11.3 Å². The molecule has 1 aliphatic carbocycles. The molecule has 198 valence electrons. The van der Waals surface area contributed by atoms with Crippen LogP contribution in [0.2, 0.25) is 0 Å². The first kappa shape index (κ1) is 26.5. The molecule has 0 aliphatic heterocycles. The fraction of sp³-hybridized carbons (Fsp3) is 0.345. The molecule has 0 N–H and O–H groups in total. The van der Waals surface area contributed by atoms with Crippen LogP contribution in [0.5, 0.6) is 0 Å². The topological polar surface area (TPSA) is 83.5 Å². The molecule has 0 spiro atoms. The van der Waals surface area contributed by atoms with Crippen LogP contribution in [0, 0.1) is 13.8 Å². The molecule has 0 atom stereocenters. The van der Waals surface area contributed by atoms with Crippen molar-refractivity contribution in [2.24, 2.45) is 0 Å². The van der Waals surface area contributed by atoms with E-state index in [1.807, 2.05) is 32.0 Å². The predicted octanol–water partition coefficient (Wildman–Crippen LogP) is 6.11. The lowest BCUT2D eigenvalue weighted by atomic mass is 9.96. The summed E-state index contributed by atoms with van der Waals surface area (Å²) in [5, 5.41) is 0.594. The van der Waals surface area contributed by atoms with Crippen LogP contribution in [0.4, 0.5) is 5.13 Å². The first-order chi connectivity index (χ1) is 18.3. The summed E-state index contributed by atoms with van der Waals surface area (Å²) in [5.74, 6) is -0.244. The van der Waals surface area contributed by atoms with Crippen LogP contribution in [0.15, 0.2) is 65.8 Å². The molecule has 1 amide bonds. The van der Waals surface area contributed by atoms with Gasteiger partial charge in [0.1, 0.15) is 0 Å². The van der Waals surface area contributed by atoms with E-state index in [1.165, 1.54) is 27.8 Å². The second-order valence-electron chi connectivity index (χ2n) is 9.94. The number of hydrogen-bond donors (Lipinski definition) is 0. The Labute approximate surface area is 228 Å². The number of nitrogens with zero attached hydrogens (tertiary/aromatic N) is 4. The Balaban J connectivity index is 1.46. The highest BCUT2D eigenvalue weighted by molar-refractivity contribution is 7.89. The molecule has 1 aliphatic rings. The Kier molecular flexibility index (Phi) is 7.61.